The summed E-state index contributed by atoms with van der Waals surface area (Å²) >= 11 is 5.99. The third-order valence-corrected chi connectivity index (χ3v) is 6.58. The standard InChI is InChI=1S/C19H20ClN3O4S/c1-13(21-19(25)16-5-2-3-6-17(16)20)18(24)22-14-7-9-15(10-8-14)23-11-4-12-28(23,26)27/h2-3,5-10,13H,4,11-12H2,1H3,(H,21,25)(H,22,24). The Morgan fingerprint density at radius 1 is 1.11 bits per heavy atom. The molecule has 1 fully saturated rings. The third kappa shape index (κ3) is 4.45. The second-order valence-corrected chi connectivity index (χ2v) is 8.87. The van der Waals surface area contributed by atoms with Crippen molar-refractivity contribution in [2.24, 2.45) is 0 Å². The molecule has 1 saturated heterocycles. The molecule has 148 valence electrons. The number of nitrogens with one attached hydrogen (secondary N) is 2. The van der Waals surface area contributed by atoms with E-state index >= 15 is 0 Å². The highest BCUT2D eigenvalue weighted by atomic mass is 35.5. The Morgan fingerprint density at radius 2 is 1.79 bits per heavy atom. The van der Waals surface area contributed by atoms with Crippen LogP contribution in [0.15, 0.2) is 48.5 Å². The van der Waals surface area contributed by atoms with Crippen LogP contribution in [-0.4, -0.2) is 38.6 Å². The highest BCUT2D eigenvalue weighted by molar-refractivity contribution is 7.93. The maximum Gasteiger partial charge on any atom is 0.253 e. The highest BCUT2D eigenvalue weighted by Crippen LogP contribution is 2.25. The minimum atomic E-state index is -3.25. The Balaban J connectivity index is 1.61. The Morgan fingerprint density at radius 3 is 2.39 bits per heavy atom. The maximum absolute atomic E-state index is 12.3. The van der Waals surface area contributed by atoms with E-state index in [9.17, 15) is 18.0 Å². The van der Waals surface area contributed by atoms with Crippen LogP contribution in [0.1, 0.15) is 23.7 Å². The minimum absolute atomic E-state index is 0.147. The lowest BCUT2D eigenvalue weighted by Gasteiger charge is -2.18. The van der Waals surface area contributed by atoms with Crippen LogP contribution >= 0.6 is 11.6 Å². The summed E-state index contributed by atoms with van der Waals surface area (Å²) in [6, 6.07) is 12.3. The summed E-state index contributed by atoms with van der Waals surface area (Å²) in [5, 5.41) is 5.60. The number of rotatable bonds is 5. The van der Waals surface area contributed by atoms with Crippen LogP contribution in [0.3, 0.4) is 0 Å². The summed E-state index contributed by atoms with van der Waals surface area (Å²) < 4.78 is 25.3. The van der Waals surface area contributed by atoms with Crippen molar-refractivity contribution in [3.63, 3.8) is 0 Å². The zero-order valence-corrected chi connectivity index (χ0v) is 16.8. The quantitative estimate of drug-likeness (QED) is 0.775. The van der Waals surface area contributed by atoms with Gasteiger partial charge in [-0.2, -0.15) is 0 Å². The normalized spacial score (nSPS) is 16.4. The van der Waals surface area contributed by atoms with Crippen molar-refractivity contribution in [1.29, 1.82) is 0 Å². The zero-order valence-electron chi connectivity index (χ0n) is 15.2. The first-order valence-corrected chi connectivity index (χ1v) is 10.7. The third-order valence-electron chi connectivity index (χ3n) is 4.38. The van der Waals surface area contributed by atoms with E-state index in [0.717, 1.165) is 0 Å². The lowest BCUT2D eigenvalue weighted by molar-refractivity contribution is -0.117. The lowest BCUT2D eigenvalue weighted by Crippen LogP contribution is -2.41. The van der Waals surface area contributed by atoms with Crippen LogP contribution < -0.4 is 14.9 Å². The summed E-state index contributed by atoms with van der Waals surface area (Å²) in [4.78, 5) is 24.6. The van der Waals surface area contributed by atoms with Crippen LogP contribution in [0.25, 0.3) is 0 Å². The molecule has 9 heteroatoms. The average molecular weight is 422 g/mol. The van der Waals surface area contributed by atoms with Gasteiger partial charge in [0.1, 0.15) is 6.04 Å². The number of halogens is 1. The van der Waals surface area contributed by atoms with E-state index in [1.807, 2.05) is 0 Å². The SMILES string of the molecule is CC(NC(=O)c1ccccc1Cl)C(=O)Nc1ccc(N2CCCS2(=O)=O)cc1. The first kappa shape index (κ1) is 20.2. The number of amides is 2. The smallest absolute Gasteiger partial charge is 0.253 e. The van der Waals surface area contributed by atoms with Crippen LogP contribution in [-0.2, 0) is 14.8 Å². The highest BCUT2D eigenvalue weighted by Gasteiger charge is 2.28. The van der Waals surface area contributed by atoms with E-state index in [-0.39, 0.29) is 5.75 Å². The number of carbonyl (C=O) groups is 2. The van der Waals surface area contributed by atoms with E-state index in [1.54, 1.807) is 55.5 Å². The minimum Gasteiger partial charge on any atom is -0.340 e. The van der Waals surface area contributed by atoms with Gasteiger partial charge in [-0.3, -0.25) is 13.9 Å². The fourth-order valence-corrected chi connectivity index (χ4v) is 4.66. The second-order valence-electron chi connectivity index (χ2n) is 6.45. The number of benzene rings is 2. The topological polar surface area (TPSA) is 95.6 Å². The fourth-order valence-electron chi connectivity index (χ4n) is 2.88. The molecule has 0 spiro atoms. The number of hydrogen-bond acceptors (Lipinski definition) is 4. The molecule has 0 saturated carbocycles. The first-order valence-electron chi connectivity index (χ1n) is 8.75. The van der Waals surface area contributed by atoms with Gasteiger partial charge in [-0.25, -0.2) is 8.42 Å². The van der Waals surface area contributed by atoms with E-state index in [2.05, 4.69) is 10.6 Å². The summed E-state index contributed by atoms with van der Waals surface area (Å²) in [7, 11) is -3.25. The number of carbonyl (C=O) groups excluding carboxylic acids is 2. The fraction of sp³-hybridized carbons (Fsp3) is 0.263. The molecule has 1 unspecified atom stereocenters. The lowest BCUT2D eigenvalue weighted by atomic mass is 10.2. The van der Waals surface area contributed by atoms with Crippen molar-refractivity contribution in [2.45, 2.75) is 19.4 Å². The number of hydrogen-bond donors (Lipinski definition) is 2. The van der Waals surface area contributed by atoms with Crippen molar-refractivity contribution in [3.8, 4) is 0 Å². The van der Waals surface area contributed by atoms with Gasteiger partial charge in [0.05, 0.1) is 22.0 Å². The van der Waals surface area contributed by atoms with Crippen molar-refractivity contribution < 1.29 is 18.0 Å². The molecule has 1 atom stereocenters. The van der Waals surface area contributed by atoms with Gasteiger partial charge >= 0.3 is 0 Å². The molecule has 1 aliphatic heterocycles. The largest absolute Gasteiger partial charge is 0.340 e. The Labute approximate surface area is 168 Å². The number of nitrogens with zero attached hydrogens (tertiary/aromatic N) is 1. The zero-order chi connectivity index (χ0) is 20.3. The summed E-state index contributed by atoms with van der Waals surface area (Å²) in [5.41, 5.74) is 1.36. The Hall–Kier alpha value is -2.58. The maximum atomic E-state index is 12.3. The van der Waals surface area contributed by atoms with Gasteiger partial charge in [-0.15, -0.1) is 0 Å². The molecule has 0 radical (unpaired) electrons. The van der Waals surface area contributed by atoms with Crippen molar-refractivity contribution >= 4 is 44.8 Å². The van der Waals surface area contributed by atoms with Gasteiger partial charge < -0.3 is 10.6 Å². The molecule has 3 rings (SSSR count). The molecule has 2 N–H and O–H groups in total. The average Bonchev–Trinajstić information content (AvgIpc) is 3.01. The summed E-state index contributed by atoms with van der Waals surface area (Å²) in [6.45, 7) is 2.02. The molecule has 1 heterocycles. The predicted molar refractivity (Wildman–Crippen MR) is 109 cm³/mol. The molecule has 0 bridgehead atoms. The first-order chi connectivity index (χ1) is 13.3. The van der Waals surface area contributed by atoms with Crippen molar-refractivity contribution in [1.82, 2.24) is 5.32 Å². The molecule has 2 aromatic carbocycles. The van der Waals surface area contributed by atoms with Gasteiger partial charge in [-0.1, -0.05) is 23.7 Å². The van der Waals surface area contributed by atoms with Crippen LogP contribution in [0.2, 0.25) is 5.02 Å². The summed E-state index contributed by atoms with van der Waals surface area (Å²) in [6.07, 6.45) is 0.601. The van der Waals surface area contributed by atoms with Gasteiger partial charge in [-0.05, 0) is 49.7 Å². The van der Waals surface area contributed by atoms with E-state index < -0.39 is 27.9 Å². The molecule has 7 nitrogen and oxygen atoms in total. The number of anilines is 2. The molecular weight excluding hydrogens is 402 g/mol. The van der Waals surface area contributed by atoms with E-state index in [0.29, 0.717) is 34.9 Å². The molecule has 2 aromatic rings. The molecule has 2 amide bonds. The molecule has 0 aromatic heterocycles. The van der Waals surface area contributed by atoms with Crippen LogP contribution in [0, 0.1) is 0 Å². The second kappa shape index (κ2) is 8.20. The van der Waals surface area contributed by atoms with Crippen molar-refractivity contribution in [3.05, 3.63) is 59.1 Å². The Kier molecular flexibility index (Phi) is 5.90. The predicted octanol–water partition coefficient (Wildman–Crippen LogP) is 2.64. The summed E-state index contributed by atoms with van der Waals surface area (Å²) in [5.74, 6) is -0.696. The van der Waals surface area contributed by atoms with Crippen LogP contribution in [0.4, 0.5) is 11.4 Å². The molecule has 28 heavy (non-hydrogen) atoms. The molecular formula is C19H20ClN3O4S. The Bertz CT molecular complexity index is 992. The number of sulfonamides is 1. The van der Waals surface area contributed by atoms with Gasteiger partial charge in [0.15, 0.2) is 0 Å². The van der Waals surface area contributed by atoms with Gasteiger partial charge in [0.25, 0.3) is 5.91 Å². The molecule has 1 aliphatic rings. The van der Waals surface area contributed by atoms with E-state index in [1.165, 1.54) is 4.31 Å². The van der Waals surface area contributed by atoms with Crippen molar-refractivity contribution in [2.75, 3.05) is 21.9 Å². The van der Waals surface area contributed by atoms with Gasteiger partial charge in [0.2, 0.25) is 15.9 Å². The molecule has 0 aliphatic carbocycles. The monoisotopic (exact) mass is 421 g/mol. The van der Waals surface area contributed by atoms with Gasteiger partial charge in [0, 0.05) is 12.2 Å². The van der Waals surface area contributed by atoms with Crippen LogP contribution in [0.5, 0.6) is 0 Å². The van der Waals surface area contributed by atoms with E-state index in [4.69, 9.17) is 11.6 Å².